The second-order valence-corrected chi connectivity index (χ2v) is 11.0. The van der Waals surface area contributed by atoms with Crippen LogP contribution in [0, 0.1) is 6.92 Å². The van der Waals surface area contributed by atoms with Crippen LogP contribution in [-0.2, 0) is 14.9 Å². The van der Waals surface area contributed by atoms with Crippen molar-refractivity contribution in [2.75, 3.05) is 31.1 Å². The third-order valence-corrected chi connectivity index (χ3v) is 8.34. The minimum absolute atomic E-state index is 0.0913. The summed E-state index contributed by atoms with van der Waals surface area (Å²) in [6.07, 6.45) is 1.77. The van der Waals surface area contributed by atoms with Gasteiger partial charge in [0.1, 0.15) is 10.6 Å². The Hall–Kier alpha value is -3.56. The number of hydrogen-bond acceptors (Lipinski definition) is 7. The molecular weight excluding hydrogens is 494 g/mol. The van der Waals surface area contributed by atoms with Gasteiger partial charge >= 0.3 is 10.1 Å². The number of para-hydroxylation sites is 1. The third kappa shape index (κ3) is 5.32. The molecule has 3 aromatic rings. The summed E-state index contributed by atoms with van der Waals surface area (Å²) in [6, 6.07) is 22.9. The standard InChI is InChI=1S/C27H25N3O4S2/c1-20-7-5-6-10-24(20)29-15-17-30(18-16-29)27-28-26(31)25(35-27)19-21-11-13-22(14-12-21)34-36(32,33)23-8-3-2-4-9-23/h2-14,19H,15-18H2,1H3/b25-19+. The van der Waals surface area contributed by atoms with Crippen molar-refractivity contribution in [2.45, 2.75) is 11.8 Å². The first-order valence-electron chi connectivity index (χ1n) is 11.6. The van der Waals surface area contributed by atoms with Crippen LogP contribution in [0.3, 0.4) is 0 Å². The summed E-state index contributed by atoms with van der Waals surface area (Å²) in [5.74, 6) is -0.0572. The van der Waals surface area contributed by atoms with Crippen molar-refractivity contribution in [1.82, 2.24) is 4.90 Å². The number of carbonyl (C=O) groups excluding carboxylic acids is 1. The van der Waals surface area contributed by atoms with E-state index in [1.165, 1.54) is 35.1 Å². The van der Waals surface area contributed by atoms with Crippen LogP contribution in [0.15, 0.2) is 93.7 Å². The Morgan fingerprint density at radius 2 is 1.50 bits per heavy atom. The summed E-state index contributed by atoms with van der Waals surface area (Å²) >= 11 is 1.37. The topological polar surface area (TPSA) is 79.3 Å². The zero-order valence-corrected chi connectivity index (χ0v) is 21.3. The van der Waals surface area contributed by atoms with Crippen molar-refractivity contribution in [3.8, 4) is 5.75 Å². The van der Waals surface area contributed by atoms with Crippen LogP contribution in [0.2, 0.25) is 0 Å². The average Bonchev–Trinajstić information content (AvgIpc) is 3.26. The molecular formula is C27H25N3O4S2. The molecule has 0 saturated carbocycles. The van der Waals surface area contributed by atoms with Gasteiger partial charge in [-0.2, -0.15) is 13.4 Å². The van der Waals surface area contributed by atoms with E-state index in [-0.39, 0.29) is 16.6 Å². The Bertz CT molecular complexity index is 1430. The largest absolute Gasteiger partial charge is 0.379 e. The van der Waals surface area contributed by atoms with Crippen LogP contribution in [0.5, 0.6) is 5.75 Å². The van der Waals surface area contributed by atoms with Crippen LogP contribution in [-0.4, -0.2) is 50.6 Å². The minimum Gasteiger partial charge on any atom is -0.379 e. The van der Waals surface area contributed by atoms with E-state index in [1.54, 1.807) is 48.5 Å². The zero-order chi connectivity index (χ0) is 25.1. The number of carbonyl (C=O) groups is 1. The number of anilines is 1. The van der Waals surface area contributed by atoms with Gasteiger partial charge in [-0.05, 0) is 66.2 Å². The fourth-order valence-corrected chi connectivity index (χ4v) is 6.04. The molecule has 2 aliphatic heterocycles. The molecule has 0 bridgehead atoms. The molecule has 184 valence electrons. The lowest BCUT2D eigenvalue weighted by Gasteiger charge is -2.37. The summed E-state index contributed by atoms with van der Waals surface area (Å²) < 4.78 is 30.0. The number of hydrogen-bond donors (Lipinski definition) is 0. The van der Waals surface area contributed by atoms with Crippen LogP contribution in [0.25, 0.3) is 6.08 Å². The predicted octanol–water partition coefficient (Wildman–Crippen LogP) is 4.56. The minimum atomic E-state index is -3.90. The van der Waals surface area contributed by atoms with Crippen molar-refractivity contribution >= 4 is 44.7 Å². The van der Waals surface area contributed by atoms with Gasteiger partial charge in [0, 0.05) is 31.9 Å². The van der Waals surface area contributed by atoms with Crippen molar-refractivity contribution in [1.29, 1.82) is 0 Å². The fourth-order valence-electron chi connectivity index (χ4n) is 4.12. The Labute approximate surface area is 215 Å². The summed E-state index contributed by atoms with van der Waals surface area (Å²) in [6.45, 7) is 5.44. The van der Waals surface area contributed by atoms with E-state index < -0.39 is 10.1 Å². The summed E-state index contributed by atoms with van der Waals surface area (Å²) in [7, 11) is -3.90. The highest BCUT2D eigenvalue weighted by atomic mass is 32.2. The van der Waals surface area contributed by atoms with Gasteiger partial charge in [0.2, 0.25) is 0 Å². The molecule has 7 nitrogen and oxygen atoms in total. The molecule has 0 atom stereocenters. The highest BCUT2D eigenvalue weighted by Gasteiger charge is 2.28. The van der Waals surface area contributed by atoms with E-state index in [9.17, 15) is 13.2 Å². The highest BCUT2D eigenvalue weighted by molar-refractivity contribution is 8.18. The van der Waals surface area contributed by atoms with E-state index in [0.29, 0.717) is 4.91 Å². The van der Waals surface area contributed by atoms with Gasteiger partial charge in [-0.15, -0.1) is 0 Å². The number of amides is 1. The molecule has 0 aliphatic carbocycles. The summed E-state index contributed by atoms with van der Waals surface area (Å²) in [5, 5.41) is 0.726. The van der Waals surface area contributed by atoms with E-state index >= 15 is 0 Å². The van der Waals surface area contributed by atoms with Crippen LogP contribution in [0.4, 0.5) is 5.69 Å². The van der Waals surface area contributed by atoms with Crippen molar-refractivity contribution in [3.63, 3.8) is 0 Å². The van der Waals surface area contributed by atoms with Gasteiger partial charge in [0.15, 0.2) is 5.17 Å². The molecule has 2 heterocycles. The first-order chi connectivity index (χ1) is 17.4. The van der Waals surface area contributed by atoms with Gasteiger partial charge in [0.05, 0.1) is 4.91 Å². The molecule has 2 aliphatic rings. The number of aryl methyl sites for hydroxylation is 1. The maximum atomic E-state index is 12.6. The van der Waals surface area contributed by atoms with Crippen molar-refractivity contribution in [3.05, 3.63) is 94.9 Å². The smallest absolute Gasteiger partial charge is 0.339 e. The Kier molecular flexibility index (Phi) is 6.84. The molecule has 36 heavy (non-hydrogen) atoms. The maximum Gasteiger partial charge on any atom is 0.339 e. The molecule has 1 saturated heterocycles. The van der Waals surface area contributed by atoms with Crippen molar-refractivity contribution < 1.29 is 17.4 Å². The molecule has 3 aromatic carbocycles. The highest BCUT2D eigenvalue weighted by Crippen LogP contribution is 2.32. The van der Waals surface area contributed by atoms with E-state index in [2.05, 4.69) is 39.9 Å². The van der Waals surface area contributed by atoms with Gasteiger partial charge in [-0.3, -0.25) is 4.79 Å². The first kappa shape index (κ1) is 24.1. The van der Waals surface area contributed by atoms with Crippen LogP contribution >= 0.6 is 11.8 Å². The maximum absolute atomic E-state index is 12.6. The lowest BCUT2D eigenvalue weighted by Crippen LogP contribution is -2.48. The summed E-state index contributed by atoms with van der Waals surface area (Å²) in [4.78, 5) is 22.0. The SMILES string of the molecule is Cc1ccccc1N1CCN(C2=NC(=O)/C(=C\c3ccc(OS(=O)(=O)c4ccccc4)cc3)S2)CC1. The number of nitrogens with zero attached hydrogens (tertiary/aromatic N) is 3. The molecule has 0 aromatic heterocycles. The molecule has 9 heteroatoms. The molecule has 1 amide bonds. The molecule has 0 spiro atoms. The number of thioether (sulfide) groups is 1. The molecule has 0 unspecified atom stereocenters. The second kappa shape index (κ2) is 10.2. The van der Waals surface area contributed by atoms with Crippen LogP contribution < -0.4 is 9.08 Å². The van der Waals surface area contributed by atoms with Gasteiger partial charge in [-0.25, -0.2) is 0 Å². The monoisotopic (exact) mass is 519 g/mol. The Morgan fingerprint density at radius 1 is 0.861 bits per heavy atom. The van der Waals surface area contributed by atoms with E-state index in [0.717, 1.165) is 36.9 Å². The quantitative estimate of drug-likeness (QED) is 0.361. The average molecular weight is 520 g/mol. The van der Waals surface area contributed by atoms with Gasteiger partial charge < -0.3 is 14.0 Å². The number of amidine groups is 1. The Balaban J connectivity index is 1.20. The van der Waals surface area contributed by atoms with Gasteiger partial charge in [0.25, 0.3) is 5.91 Å². The lowest BCUT2D eigenvalue weighted by atomic mass is 10.1. The summed E-state index contributed by atoms with van der Waals surface area (Å²) in [5.41, 5.74) is 3.27. The number of benzene rings is 3. The van der Waals surface area contributed by atoms with E-state index in [1.807, 2.05) is 6.07 Å². The third-order valence-electron chi connectivity index (χ3n) is 6.03. The lowest BCUT2D eigenvalue weighted by molar-refractivity contribution is -0.113. The van der Waals surface area contributed by atoms with E-state index in [4.69, 9.17) is 4.18 Å². The van der Waals surface area contributed by atoms with Crippen molar-refractivity contribution in [2.24, 2.45) is 4.99 Å². The molecule has 5 rings (SSSR count). The first-order valence-corrected chi connectivity index (χ1v) is 13.8. The Morgan fingerprint density at radius 3 is 2.19 bits per heavy atom. The zero-order valence-electron chi connectivity index (χ0n) is 19.7. The predicted molar refractivity (Wildman–Crippen MR) is 144 cm³/mol. The number of aliphatic imine (C=N–C) groups is 1. The molecule has 0 radical (unpaired) electrons. The van der Waals surface area contributed by atoms with Crippen LogP contribution in [0.1, 0.15) is 11.1 Å². The number of piperazine rings is 1. The molecule has 0 N–H and O–H groups in total. The number of rotatable bonds is 5. The normalized spacial score (nSPS) is 17.4. The second-order valence-electron chi connectivity index (χ2n) is 8.49. The van der Waals surface area contributed by atoms with Gasteiger partial charge in [-0.1, -0.05) is 48.5 Å². The fraction of sp³-hybridized carbons (Fsp3) is 0.185. The molecule has 1 fully saturated rings.